The lowest BCUT2D eigenvalue weighted by molar-refractivity contribution is -0.119. The smallest absolute Gasteiger partial charge is 0.235 e. The molecule has 1 aromatic rings. The van der Waals surface area contributed by atoms with E-state index in [0.717, 1.165) is 5.69 Å². The van der Waals surface area contributed by atoms with Crippen LogP contribution in [0.5, 0.6) is 0 Å². The molecular weight excluding hydrogens is 234 g/mol. The molecule has 0 radical (unpaired) electrons. The molecule has 0 bridgehead atoms. The highest BCUT2D eigenvalue weighted by molar-refractivity contribution is 7.80. The van der Waals surface area contributed by atoms with Crippen LogP contribution in [0.1, 0.15) is 6.92 Å². The van der Waals surface area contributed by atoms with Crippen molar-refractivity contribution in [3.8, 4) is 0 Å². The number of carbonyl (C=O) groups excluding carboxylic acids is 1. The number of carbonyl (C=O) groups is 1. The van der Waals surface area contributed by atoms with Crippen LogP contribution >= 0.6 is 23.8 Å². The van der Waals surface area contributed by atoms with Gasteiger partial charge in [-0.3, -0.25) is 15.6 Å². The quantitative estimate of drug-likeness (QED) is 0.519. The molecular formula is C9H10ClN3OS. The molecule has 0 unspecified atom stereocenters. The van der Waals surface area contributed by atoms with Gasteiger partial charge < -0.3 is 5.32 Å². The van der Waals surface area contributed by atoms with Crippen LogP contribution in [0.4, 0.5) is 5.69 Å². The number of hydrogen-bond donors (Lipinski definition) is 3. The van der Waals surface area contributed by atoms with Gasteiger partial charge in [-0.25, -0.2) is 0 Å². The van der Waals surface area contributed by atoms with E-state index in [1.165, 1.54) is 6.92 Å². The van der Waals surface area contributed by atoms with Gasteiger partial charge in [-0.1, -0.05) is 17.7 Å². The van der Waals surface area contributed by atoms with Crippen molar-refractivity contribution in [3.05, 3.63) is 29.3 Å². The summed E-state index contributed by atoms with van der Waals surface area (Å²) in [6.45, 7) is 1.38. The van der Waals surface area contributed by atoms with Crippen molar-refractivity contribution in [1.29, 1.82) is 0 Å². The summed E-state index contributed by atoms with van der Waals surface area (Å²) in [4.78, 5) is 10.6. The summed E-state index contributed by atoms with van der Waals surface area (Å²) < 4.78 is 0. The number of hydrazine groups is 1. The molecule has 3 N–H and O–H groups in total. The lowest BCUT2D eigenvalue weighted by atomic mass is 10.3. The van der Waals surface area contributed by atoms with Gasteiger partial charge in [0.05, 0.1) is 0 Å². The minimum Gasteiger partial charge on any atom is -0.331 e. The molecule has 0 aliphatic heterocycles. The predicted molar refractivity (Wildman–Crippen MR) is 64.6 cm³/mol. The maximum atomic E-state index is 10.6. The number of anilines is 1. The molecule has 1 rings (SSSR count). The summed E-state index contributed by atoms with van der Waals surface area (Å²) in [5.74, 6) is -0.217. The Kier molecular flexibility index (Phi) is 4.33. The first-order chi connectivity index (χ1) is 7.08. The first kappa shape index (κ1) is 11.7. The van der Waals surface area contributed by atoms with E-state index >= 15 is 0 Å². The third-order valence-electron chi connectivity index (χ3n) is 1.43. The van der Waals surface area contributed by atoms with Gasteiger partial charge in [0.1, 0.15) is 0 Å². The maximum Gasteiger partial charge on any atom is 0.235 e. The molecule has 4 nitrogen and oxygen atoms in total. The molecule has 80 valence electrons. The van der Waals surface area contributed by atoms with E-state index in [1.54, 1.807) is 18.2 Å². The molecule has 6 heteroatoms. The van der Waals surface area contributed by atoms with Crippen molar-refractivity contribution in [2.75, 3.05) is 5.32 Å². The van der Waals surface area contributed by atoms with E-state index in [2.05, 4.69) is 16.2 Å². The number of halogens is 1. The fraction of sp³-hybridized carbons (Fsp3) is 0.111. The molecule has 0 saturated carbocycles. The monoisotopic (exact) mass is 243 g/mol. The van der Waals surface area contributed by atoms with Crippen LogP contribution in [-0.4, -0.2) is 11.0 Å². The summed E-state index contributed by atoms with van der Waals surface area (Å²) >= 11 is 10.7. The zero-order chi connectivity index (χ0) is 11.3. The van der Waals surface area contributed by atoms with E-state index in [0.29, 0.717) is 10.1 Å². The van der Waals surface area contributed by atoms with Gasteiger partial charge in [0.2, 0.25) is 5.91 Å². The van der Waals surface area contributed by atoms with Gasteiger partial charge in [-0.15, -0.1) is 0 Å². The molecule has 0 aliphatic carbocycles. The zero-order valence-corrected chi connectivity index (χ0v) is 9.58. The van der Waals surface area contributed by atoms with E-state index in [-0.39, 0.29) is 5.91 Å². The van der Waals surface area contributed by atoms with Crippen LogP contribution in [0.25, 0.3) is 0 Å². The second kappa shape index (κ2) is 5.53. The molecule has 0 aromatic heterocycles. The second-order valence-corrected chi connectivity index (χ2v) is 3.62. The van der Waals surface area contributed by atoms with Gasteiger partial charge in [-0.05, 0) is 30.4 Å². The highest BCUT2D eigenvalue weighted by Gasteiger charge is 1.98. The van der Waals surface area contributed by atoms with Crippen LogP contribution in [0.2, 0.25) is 5.02 Å². The summed E-state index contributed by atoms with van der Waals surface area (Å²) in [6, 6.07) is 7.10. The summed E-state index contributed by atoms with van der Waals surface area (Å²) in [6.07, 6.45) is 0. The molecule has 0 fully saturated rings. The lowest BCUT2D eigenvalue weighted by Crippen LogP contribution is -2.42. The Labute approximate surface area is 98.0 Å². The fourth-order valence-corrected chi connectivity index (χ4v) is 1.23. The van der Waals surface area contributed by atoms with Crippen molar-refractivity contribution in [3.63, 3.8) is 0 Å². The molecule has 15 heavy (non-hydrogen) atoms. The summed E-state index contributed by atoms with van der Waals surface area (Å²) in [5, 5.41) is 3.77. The maximum absolute atomic E-state index is 10.6. The minimum atomic E-state index is -0.217. The molecule has 1 aromatic carbocycles. The average molecular weight is 244 g/mol. The van der Waals surface area contributed by atoms with Gasteiger partial charge in [0, 0.05) is 17.6 Å². The standard InChI is InChI=1S/C9H10ClN3OS/c1-6(14)12-13-9(15)11-8-4-2-3-7(10)5-8/h2-5H,1H3,(H,12,14)(H2,11,13,15). The molecule has 0 heterocycles. The topological polar surface area (TPSA) is 53.2 Å². The van der Waals surface area contributed by atoms with Gasteiger partial charge >= 0.3 is 0 Å². The van der Waals surface area contributed by atoms with Crippen molar-refractivity contribution in [2.45, 2.75) is 6.92 Å². The fourth-order valence-electron chi connectivity index (χ4n) is 0.873. The lowest BCUT2D eigenvalue weighted by Gasteiger charge is -2.10. The van der Waals surface area contributed by atoms with Gasteiger partial charge in [0.15, 0.2) is 5.11 Å². The Morgan fingerprint density at radius 3 is 2.73 bits per heavy atom. The van der Waals surface area contributed by atoms with E-state index in [1.807, 2.05) is 6.07 Å². The van der Waals surface area contributed by atoms with Crippen LogP contribution < -0.4 is 16.2 Å². The third kappa shape index (κ3) is 4.62. The van der Waals surface area contributed by atoms with E-state index in [9.17, 15) is 4.79 Å². The average Bonchev–Trinajstić information content (AvgIpc) is 2.15. The highest BCUT2D eigenvalue weighted by atomic mass is 35.5. The summed E-state index contributed by atoms with van der Waals surface area (Å²) in [7, 11) is 0. The molecule has 0 aliphatic rings. The van der Waals surface area contributed by atoms with Gasteiger partial charge in [-0.2, -0.15) is 0 Å². The Balaban J connectivity index is 2.48. The highest BCUT2D eigenvalue weighted by Crippen LogP contribution is 2.14. The number of amides is 1. The SMILES string of the molecule is CC(=O)NNC(=S)Nc1cccc(Cl)c1. The van der Waals surface area contributed by atoms with Crippen LogP contribution in [0.3, 0.4) is 0 Å². The number of nitrogens with one attached hydrogen (secondary N) is 3. The Bertz CT molecular complexity index is 383. The Morgan fingerprint density at radius 2 is 2.13 bits per heavy atom. The first-order valence-corrected chi connectivity index (χ1v) is 4.95. The summed E-state index contributed by atoms with van der Waals surface area (Å²) in [5.41, 5.74) is 5.64. The number of hydrogen-bond acceptors (Lipinski definition) is 2. The molecule has 1 amide bonds. The molecule has 0 atom stereocenters. The molecule has 0 saturated heterocycles. The van der Waals surface area contributed by atoms with Crippen LogP contribution in [0.15, 0.2) is 24.3 Å². The normalized spacial score (nSPS) is 9.20. The number of thiocarbonyl (C=S) groups is 1. The predicted octanol–water partition coefficient (Wildman–Crippen LogP) is 1.68. The number of rotatable bonds is 1. The van der Waals surface area contributed by atoms with Crippen molar-refractivity contribution >= 4 is 40.5 Å². The first-order valence-electron chi connectivity index (χ1n) is 4.17. The number of benzene rings is 1. The largest absolute Gasteiger partial charge is 0.331 e. The van der Waals surface area contributed by atoms with Crippen molar-refractivity contribution in [2.24, 2.45) is 0 Å². The zero-order valence-electron chi connectivity index (χ0n) is 8.00. The third-order valence-corrected chi connectivity index (χ3v) is 1.87. The van der Waals surface area contributed by atoms with Crippen molar-refractivity contribution < 1.29 is 4.79 Å². The Morgan fingerprint density at radius 1 is 1.40 bits per heavy atom. The minimum absolute atomic E-state index is 0.217. The van der Waals surface area contributed by atoms with E-state index in [4.69, 9.17) is 23.8 Å². The van der Waals surface area contributed by atoms with Crippen LogP contribution in [0, 0.1) is 0 Å². The molecule has 0 spiro atoms. The Hall–Kier alpha value is -1.33. The second-order valence-electron chi connectivity index (χ2n) is 2.77. The van der Waals surface area contributed by atoms with Gasteiger partial charge in [0.25, 0.3) is 0 Å². The van der Waals surface area contributed by atoms with E-state index < -0.39 is 0 Å². The van der Waals surface area contributed by atoms with Crippen LogP contribution in [-0.2, 0) is 4.79 Å². The van der Waals surface area contributed by atoms with Crippen molar-refractivity contribution in [1.82, 2.24) is 10.9 Å².